The number of nitrogens with zero attached hydrogens (tertiary/aromatic N) is 2. The van der Waals surface area contributed by atoms with Gasteiger partial charge in [-0.1, -0.05) is 0 Å². The van der Waals surface area contributed by atoms with Gasteiger partial charge in [0, 0.05) is 12.2 Å². The van der Waals surface area contributed by atoms with Crippen molar-refractivity contribution in [1.29, 1.82) is 0 Å². The zero-order valence-corrected chi connectivity index (χ0v) is 10.5. The molecule has 0 aliphatic carbocycles. The van der Waals surface area contributed by atoms with Crippen LogP contribution in [0.3, 0.4) is 0 Å². The van der Waals surface area contributed by atoms with Gasteiger partial charge in [-0.3, -0.25) is 9.36 Å². The summed E-state index contributed by atoms with van der Waals surface area (Å²) in [5.74, 6) is -3.66. The normalized spacial score (nSPS) is 20.8. The predicted molar refractivity (Wildman–Crippen MR) is 61.9 cm³/mol. The van der Waals surface area contributed by atoms with Crippen molar-refractivity contribution >= 4 is 5.91 Å². The SMILES string of the molecule is O=C(c1cc2c(n1C(F)F)CNCC2)N1CC(F)(F)C1. The van der Waals surface area contributed by atoms with Crippen LogP contribution in [-0.2, 0) is 13.0 Å². The first-order valence-electron chi connectivity index (χ1n) is 6.28. The summed E-state index contributed by atoms with van der Waals surface area (Å²) < 4.78 is 52.6. The molecule has 0 saturated carbocycles. The van der Waals surface area contributed by atoms with Crippen LogP contribution in [0.15, 0.2) is 6.07 Å². The van der Waals surface area contributed by atoms with Gasteiger partial charge in [0.05, 0.1) is 13.1 Å². The second-order valence-corrected chi connectivity index (χ2v) is 5.09. The van der Waals surface area contributed by atoms with Crippen LogP contribution in [0.4, 0.5) is 17.6 Å². The summed E-state index contributed by atoms with van der Waals surface area (Å²) in [5, 5.41) is 2.96. The predicted octanol–water partition coefficient (Wildman–Crippen LogP) is 1.62. The molecule has 110 valence electrons. The Morgan fingerprint density at radius 2 is 2.05 bits per heavy atom. The van der Waals surface area contributed by atoms with Gasteiger partial charge in [0.2, 0.25) is 0 Å². The number of nitrogens with one attached hydrogen (secondary N) is 1. The molecule has 0 bridgehead atoms. The van der Waals surface area contributed by atoms with Crippen molar-refractivity contribution in [3.63, 3.8) is 0 Å². The molecule has 8 heteroatoms. The number of aromatic nitrogens is 1. The summed E-state index contributed by atoms with van der Waals surface area (Å²) in [5.41, 5.74) is 0.839. The van der Waals surface area contributed by atoms with Gasteiger partial charge in [0.25, 0.3) is 11.8 Å². The largest absolute Gasteiger partial charge is 0.325 e. The number of hydrogen-bond donors (Lipinski definition) is 1. The van der Waals surface area contributed by atoms with Crippen molar-refractivity contribution in [3.8, 4) is 0 Å². The average molecular weight is 291 g/mol. The van der Waals surface area contributed by atoms with Gasteiger partial charge in [-0.15, -0.1) is 0 Å². The fourth-order valence-corrected chi connectivity index (χ4v) is 2.67. The lowest BCUT2D eigenvalue weighted by Crippen LogP contribution is -2.58. The molecule has 0 atom stereocenters. The highest BCUT2D eigenvalue weighted by Gasteiger charge is 2.47. The van der Waals surface area contributed by atoms with Crippen LogP contribution < -0.4 is 5.32 Å². The van der Waals surface area contributed by atoms with E-state index in [1.807, 2.05) is 0 Å². The third-order valence-corrected chi connectivity index (χ3v) is 3.64. The number of halogens is 4. The van der Waals surface area contributed by atoms with Gasteiger partial charge < -0.3 is 10.2 Å². The molecule has 0 aromatic carbocycles. The topological polar surface area (TPSA) is 37.3 Å². The zero-order valence-electron chi connectivity index (χ0n) is 10.5. The zero-order chi connectivity index (χ0) is 14.5. The molecular weight excluding hydrogens is 278 g/mol. The van der Waals surface area contributed by atoms with E-state index in [2.05, 4.69) is 5.32 Å². The Morgan fingerprint density at radius 3 is 2.65 bits per heavy atom. The van der Waals surface area contributed by atoms with E-state index < -0.39 is 31.5 Å². The summed E-state index contributed by atoms with van der Waals surface area (Å²) in [7, 11) is 0. The van der Waals surface area contributed by atoms with Crippen molar-refractivity contribution in [2.24, 2.45) is 0 Å². The van der Waals surface area contributed by atoms with E-state index >= 15 is 0 Å². The maximum absolute atomic E-state index is 13.2. The lowest BCUT2D eigenvalue weighted by molar-refractivity contribution is -0.113. The average Bonchev–Trinajstić information content (AvgIpc) is 2.74. The molecule has 0 radical (unpaired) electrons. The number of fused-ring (bicyclic) bond motifs is 1. The third kappa shape index (κ3) is 2.07. The van der Waals surface area contributed by atoms with Crippen LogP contribution in [0.1, 0.15) is 28.3 Å². The van der Waals surface area contributed by atoms with Crippen molar-refractivity contribution < 1.29 is 22.4 Å². The molecule has 3 rings (SSSR count). The van der Waals surface area contributed by atoms with Gasteiger partial charge in [-0.05, 0) is 24.6 Å². The van der Waals surface area contributed by atoms with E-state index in [1.165, 1.54) is 6.07 Å². The van der Waals surface area contributed by atoms with E-state index in [0.29, 0.717) is 28.8 Å². The van der Waals surface area contributed by atoms with Crippen molar-refractivity contribution in [3.05, 3.63) is 23.0 Å². The molecule has 2 aliphatic heterocycles. The van der Waals surface area contributed by atoms with Crippen LogP contribution in [0.5, 0.6) is 0 Å². The van der Waals surface area contributed by atoms with Gasteiger partial charge >= 0.3 is 6.55 Å². The van der Waals surface area contributed by atoms with Crippen LogP contribution in [0.25, 0.3) is 0 Å². The minimum atomic E-state index is -2.90. The Bertz CT molecular complexity index is 547. The number of hydrogen-bond acceptors (Lipinski definition) is 2. The van der Waals surface area contributed by atoms with Gasteiger partial charge in [0.1, 0.15) is 5.69 Å². The Kier molecular flexibility index (Phi) is 3.00. The smallest absolute Gasteiger partial charge is 0.319 e. The van der Waals surface area contributed by atoms with Crippen molar-refractivity contribution in [2.45, 2.75) is 25.4 Å². The Balaban J connectivity index is 1.93. The molecular formula is C12H13F4N3O. The Hall–Kier alpha value is -1.57. The lowest BCUT2D eigenvalue weighted by Gasteiger charge is -2.38. The number of likely N-dealkylation sites (tertiary alicyclic amines) is 1. The third-order valence-electron chi connectivity index (χ3n) is 3.64. The molecule has 2 aliphatic rings. The molecule has 4 nitrogen and oxygen atoms in total. The molecule has 1 saturated heterocycles. The molecule has 1 aromatic heterocycles. The highest BCUT2D eigenvalue weighted by atomic mass is 19.3. The van der Waals surface area contributed by atoms with Gasteiger partial charge in [0.15, 0.2) is 0 Å². The molecule has 3 heterocycles. The Morgan fingerprint density at radius 1 is 1.35 bits per heavy atom. The fourth-order valence-electron chi connectivity index (χ4n) is 2.67. The van der Waals surface area contributed by atoms with E-state index in [4.69, 9.17) is 0 Å². The first-order valence-corrected chi connectivity index (χ1v) is 6.28. The van der Waals surface area contributed by atoms with Gasteiger partial charge in [-0.2, -0.15) is 8.78 Å². The van der Waals surface area contributed by atoms with Crippen molar-refractivity contribution in [2.75, 3.05) is 19.6 Å². The minimum absolute atomic E-state index is 0.204. The summed E-state index contributed by atoms with van der Waals surface area (Å²) in [4.78, 5) is 13.0. The maximum Gasteiger partial charge on any atom is 0.319 e. The number of amides is 1. The monoisotopic (exact) mass is 291 g/mol. The first kappa shape index (κ1) is 13.4. The van der Waals surface area contributed by atoms with Crippen LogP contribution in [0, 0.1) is 0 Å². The molecule has 20 heavy (non-hydrogen) atoms. The van der Waals surface area contributed by atoms with E-state index in [9.17, 15) is 22.4 Å². The molecule has 0 spiro atoms. The highest BCUT2D eigenvalue weighted by Crippen LogP contribution is 2.31. The maximum atomic E-state index is 13.2. The van der Waals surface area contributed by atoms with E-state index in [0.717, 1.165) is 4.90 Å². The quantitative estimate of drug-likeness (QED) is 0.841. The fraction of sp³-hybridized carbons (Fsp3) is 0.583. The van der Waals surface area contributed by atoms with E-state index in [-0.39, 0.29) is 12.2 Å². The standard InChI is InChI=1S/C12H13F4N3O/c13-11(14)19-8(3-7-1-2-17-4-9(7)19)10(20)18-5-12(15,16)6-18/h3,11,17H,1-2,4-6H2. The molecule has 1 amide bonds. The summed E-state index contributed by atoms with van der Waals surface area (Å²) in [6, 6.07) is 1.40. The number of rotatable bonds is 2. The summed E-state index contributed by atoms with van der Waals surface area (Å²) >= 11 is 0. The molecule has 0 unspecified atom stereocenters. The van der Waals surface area contributed by atoms with Crippen LogP contribution >= 0.6 is 0 Å². The summed E-state index contributed by atoms with van der Waals surface area (Å²) in [6.07, 6.45) is 0.547. The molecule has 1 aromatic rings. The lowest BCUT2D eigenvalue weighted by atomic mass is 10.1. The van der Waals surface area contributed by atoms with E-state index in [1.54, 1.807) is 0 Å². The minimum Gasteiger partial charge on any atom is -0.325 e. The van der Waals surface area contributed by atoms with Crippen LogP contribution in [0.2, 0.25) is 0 Å². The molecule has 1 N–H and O–H groups in total. The van der Waals surface area contributed by atoms with Crippen LogP contribution in [-0.4, -0.2) is 40.9 Å². The number of carbonyl (C=O) groups excluding carboxylic acids is 1. The Labute approximate surface area is 112 Å². The first-order chi connectivity index (χ1) is 9.39. The second-order valence-electron chi connectivity index (χ2n) is 5.09. The highest BCUT2D eigenvalue weighted by molar-refractivity contribution is 5.94. The van der Waals surface area contributed by atoms with Gasteiger partial charge in [-0.25, -0.2) is 8.78 Å². The summed E-state index contributed by atoms with van der Waals surface area (Å²) in [6.45, 7) is -3.37. The van der Waals surface area contributed by atoms with Crippen molar-refractivity contribution in [1.82, 2.24) is 14.8 Å². The number of alkyl halides is 4. The number of carbonyl (C=O) groups is 1. The molecule has 1 fully saturated rings. The second kappa shape index (κ2) is 4.47.